The third-order valence-electron chi connectivity index (χ3n) is 19.0. The summed E-state index contributed by atoms with van der Waals surface area (Å²) >= 11 is 0. The summed E-state index contributed by atoms with van der Waals surface area (Å²) in [5.41, 5.74) is -3.91. The molecule has 8 rings (SSSR count). The van der Waals surface area contributed by atoms with Crippen molar-refractivity contribution < 1.29 is 99.3 Å². The Balaban J connectivity index is 1.05. The highest BCUT2D eigenvalue weighted by Crippen LogP contribution is 2.76. The van der Waals surface area contributed by atoms with E-state index in [0.29, 0.717) is 44.9 Å². The lowest BCUT2D eigenvalue weighted by Crippen LogP contribution is -2.69. The number of hydrogen-bond donors (Lipinski definition) is 12. The molecule has 382 valence electrons. The van der Waals surface area contributed by atoms with Gasteiger partial charge >= 0.3 is 11.9 Å². The Labute approximate surface area is 389 Å². The van der Waals surface area contributed by atoms with E-state index < -0.39 is 156 Å². The highest BCUT2D eigenvalue weighted by Gasteiger charge is 2.73. The Kier molecular flexibility index (Phi) is 13.8. The van der Waals surface area contributed by atoms with Gasteiger partial charge in [0.2, 0.25) is 6.29 Å². The summed E-state index contributed by atoms with van der Waals surface area (Å²) in [6.45, 7) is 10.8. The van der Waals surface area contributed by atoms with Crippen molar-refractivity contribution in [1.29, 1.82) is 0 Å². The number of aliphatic hydroxyl groups is 11. The zero-order chi connectivity index (χ0) is 49.1. The minimum atomic E-state index is -1.93. The molecule has 7 fully saturated rings. The van der Waals surface area contributed by atoms with Crippen LogP contribution in [0.3, 0.4) is 0 Å². The molecule has 0 radical (unpaired) electrons. The first kappa shape index (κ1) is 51.4. The third kappa shape index (κ3) is 7.86. The largest absolute Gasteiger partial charge is 0.481 e. The molecule has 0 aromatic rings. The van der Waals surface area contributed by atoms with Crippen LogP contribution in [0.4, 0.5) is 0 Å². The Bertz CT molecular complexity index is 1880. The van der Waals surface area contributed by atoms with Gasteiger partial charge in [0.15, 0.2) is 12.6 Å². The van der Waals surface area contributed by atoms with E-state index in [4.69, 9.17) is 28.4 Å². The second-order valence-corrected chi connectivity index (χ2v) is 22.9. The number of ether oxygens (including phenoxy) is 6. The number of esters is 1. The molecule has 0 aromatic heterocycles. The van der Waals surface area contributed by atoms with Crippen molar-refractivity contribution in [2.45, 2.75) is 198 Å². The lowest BCUT2D eigenvalue weighted by atomic mass is 9.33. The Morgan fingerprint density at radius 1 is 0.701 bits per heavy atom. The first-order valence-corrected chi connectivity index (χ1v) is 24.0. The van der Waals surface area contributed by atoms with Crippen LogP contribution >= 0.6 is 0 Å². The van der Waals surface area contributed by atoms with Crippen molar-refractivity contribution in [1.82, 2.24) is 0 Å². The molecule has 20 heteroatoms. The Hall–Kier alpha value is -1.96. The van der Waals surface area contributed by atoms with Gasteiger partial charge in [0.05, 0.1) is 37.4 Å². The Morgan fingerprint density at radius 3 is 1.99 bits per heavy atom. The van der Waals surface area contributed by atoms with Gasteiger partial charge in [-0.05, 0) is 104 Å². The minimum Gasteiger partial charge on any atom is -0.481 e. The summed E-state index contributed by atoms with van der Waals surface area (Å²) in [6, 6.07) is 0. The van der Waals surface area contributed by atoms with Crippen LogP contribution in [0, 0.1) is 50.2 Å². The molecular formula is C47H74O20. The van der Waals surface area contributed by atoms with E-state index in [1.807, 2.05) is 0 Å². The first-order chi connectivity index (χ1) is 31.2. The molecular weight excluding hydrogens is 884 g/mol. The molecule has 0 unspecified atom stereocenters. The van der Waals surface area contributed by atoms with E-state index in [1.54, 1.807) is 6.92 Å². The smallest absolute Gasteiger partial charge is 0.317 e. The molecule has 8 aliphatic rings. The molecule has 3 heterocycles. The highest BCUT2D eigenvalue weighted by atomic mass is 16.7. The second-order valence-electron chi connectivity index (χ2n) is 22.9. The molecule has 3 saturated heterocycles. The summed E-state index contributed by atoms with van der Waals surface area (Å²) < 4.78 is 34.7. The van der Waals surface area contributed by atoms with Crippen molar-refractivity contribution in [3.63, 3.8) is 0 Å². The van der Waals surface area contributed by atoms with Crippen LogP contribution in [0.15, 0.2) is 11.6 Å². The minimum absolute atomic E-state index is 0.0651. The van der Waals surface area contributed by atoms with Crippen LogP contribution in [0.2, 0.25) is 0 Å². The molecule has 12 N–H and O–H groups in total. The van der Waals surface area contributed by atoms with Gasteiger partial charge in [-0.25, -0.2) is 0 Å². The number of aliphatic carboxylic acids is 1. The summed E-state index contributed by atoms with van der Waals surface area (Å²) in [5.74, 6) is -2.89. The summed E-state index contributed by atoms with van der Waals surface area (Å²) in [6.07, 6.45) is -18.7. The van der Waals surface area contributed by atoms with Gasteiger partial charge in [0, 0.05) is 0 Å². The van der Waals surface area contributed by atoms with Crippen LogP contribution < -0.4 is 0 Å². The number of carbonyl (C=O) groups is 2. The second kappa shape index (κ2) is 18.0. The lowest BCUT2D eigenvalue weighted by Gasteiger charge is -2.71. The standard InChI is InChI=1S/C47H74O20/c1-42(2)13-14-47(41(61)67-39-36(58)33(55)31(53)24(65-39)19-63-37-35(57)32(54)30(52)23(17-48)64-37)21(15-42)20-7-8-25-43(3)11-10-28(66-38-34(56)29(51)22(49)18-62-38)46(6,40(59)60)26(43)9-12-44(25,4)45(20,5)16-27(47)50/h7,21-39,48-58H,8-19H2,1-6H3,(H,59,60)/t21-,22-,23+,24+,25+,26+,27+,28-,29-,30+,31+,32-,33-,34+,35+,36+,37+,38-,39-,43+,44+,45+,46-,47+/m0/s1. The van der Waals surface area contributed by atoms with Crippen LogP contribution in [-0.2, 0) is 38.0 Å². The molecule has 4 saturated carbocycles. The molecule has 0 aromatic carbocycles. The van der Waals surface area contributed by atoms with Crippen molar-refractivity contribution in [2.75, 3.05) is 19.8 Å². The molecule has 5 aliphatic carbocycles. The van der Waals surface area contributed by atoms with Crippen molar-refractivity contribution in [2.24, 2.45) is 50.2 Å². The average molecular weight is 959 g/mol. The molecule has 0 bridgehead atoms. The van der Waals surface area contributed by atoms with Crippen LogP contribution in [-0.4, -0.2) is 191 Å². The van der Waals surface area contributed by atoms with Gasteiger partial charge in [-0.3, -0.25) is 9.59 Å². The fourth-order valence-corrected chi connectivity index (χ4v) is 14.7. The predicted molar refractivity (Wildman–Crippen MR) is 228 cm³/mol. The van der Waals surface area contributed by atoms with E-state index in [0.717, 1.165) is 5.57 Å². The first-order valence-electron chi connectivity index (χ1n) is 24.0. The molecule has 67 heavy (non-hydrogen) atoms. The third-order valence-corrected chi connectivity index (χ3v) is 19.0. The molecule has 24 atom stereocenters. The van der Waals surface area contributed by atoms with Gasteiger partial charge in [-0.2, -0.15) is 0 Å². The van der Waals surface area contributed by atoms with Crippen molar-refractivity contribution >= 4 is 11.9 Å². The zero-order valence-corrected chi connectivity index (χ0v) is 39.2. The summed E-state index contributed by atoms with van der Waals surface area (Å²) in [4.78, 5) is 28.5. The molecule has 20 nitrogen and oxygen atoms in total. The maximum atomic E-state index is 15.0. The Morgan fingerprint density at radius 2 is 1.33 bits per heavy atom. The fourth-order valence-electron chi connectivity index (χ4n) is 14.7. The summed E-state index contributed by atoms with van der Waals surface area (Å²) in [5, 5.41) is 128. The van der Waals surface area contributed by atoms with Crippen LogP contribution in [0.25, 0.3) is 0 Å². The maximum Gasteiger partial charge on any atom is 0.317 e. The lowest BCUT2D eigenvalue weighted by molar-refractivity contribution is -0.329. The number of carboxylic acids is 1. The van der Waals surface area contributed by atoms with Gasteiger partial charge in [-0.15, -0.1) is 0 Å². The normalized spacial score (nSPS) is 54.0. The van der Waals surface area contributed by atoms with E-state index in [1.165, 1.54) is 0 Å². The van der Waals surface area contributed by atoms with E-state index in [9.17, 15) is 70.9 Å². The number of carbonyl (C=O) groups excluding carboxylic acids is 1. The van der Waals surface area contributed by atoms with Gasteiger partial charge in [0.25, 0.3) is 0 Å². The van der Waals surface area contributed by atoms with Crippen molar-refractivity contribution in [3.05, 3.63) is 11.6 Å². The van der Waals surface area contributed by atoms with E-state index in [-0.39, 0.29) is 36.7 Å². The number of hydrogen-bond acceptors (Lipinski definition) is 19. The van der Waals surface area contributed by atoms with E-state index in [2.05, 4.69) is 40.7 Å². The number of carboxylic acid groups (broad SMARTS) is 1. The van der Waals surface area contributed by atoms with Crippen molar-refractivity contribution in [3.8, 4) is 0 Å². The topological polar surface area (TPSA) is 332 Å². The molecule has 0 spiro atoms. The van der Waals surface area contributed by atoms with Gasteiger partial charge < -0.3 is 89.7 Å². The number of rotatable bonds is 9. The summed E-state index contributed by atoms with van der Waals surface area (Å²) in [7, 11) is 0. The number of fused-ring (bicyclic) bond motifs is 7. The van der Waals surface area contributed by atoms with Gasteiger partial charge in [-0.1, -0.05) is 46.3 Å². The number of allylic oxidation sites excluding steroid dienone is 2. The quantitative estimate of drug-likeness (QED) is 0.0735. The molecule has 3 aliphatic heterocycles. The monoisotopic (exact) mass is 958 g/mol. The van der Waals surface area contributed by atoms with Crippen LogP contribution in [0.5, 0.6) is 0 Å². The molecule has 0 amide bonds. The van der Waals surface area contributed by atoms with Gasteiger partial charge in [0.1, 0.15) is 72.6 Å². The highest BCUT2D eigenvalue weighted by molar-refractivity contribution is 5.80. The fraction of sp³-hybridized carbons (Fsp3) is 0.915. The van der Waals surface area contributed by atoms with Crippen LogP contribution in [0.1, 0.15) is 99.3 Å². The maximum absolute atomic E-state index is 15.0. The predicted octanol–water partition coefficient (Wildman–Crippen LogP) is -1.18. The number of aliphatic hydroxyl groups excluding tert-OH is 11. The zero-order valence-electron chi connectivity index (χ0n) is 39.2. The van der Waals surface area contributed by atoms with E-state index >= 15 is 0 Å². The SMILES string of the molecule is CC1(C)CC[C@]2(C(=O)O[C@@H]3O[C@H](CO[C@@H]4O[C@H](CO)[C@@H](O)[C@H](O)[C@H]4O)[C@@H](O)[C@H](O)[C@H]3O)[C@H](O)C[C@]3(C)C(=CC[C@@H]4[C@@]5(C)CC[C@H](O[C@@H]6OC[C@H](O)[C@H](O)[C@H]6O)[C@@](C)(C(=O)O)[C@@H]5CC[C@]43C)[C@@H]2C1. The average Bonchev–Trinajstić information content (AvgIpc) is 3.26.